The van der Waals surface area contributed by atoms with Gasteiger partial charge in [0, 0.05) is 24.5 Å². The smallest absolute Gasteiger partial charge is 0.261 e. The molecule has 3 aromatic rings. The Kier molecular flexibility index (Phi) is 4.71. The largest absolute Gasteiger partial charge is 0.497 e. The lowest BCUT2D eigenvalue weighted by atomic mass is 10.1. The van der Waals surface area contributed by atoms with Gasteiger partial charge in [0.15, 0.2) is 0 Å². The highest BCUT2D eigenvalue weighted by Gasteiger charge is 2.16. The van der Waals surface area contributed by atoms with E-state index in [1.54, 1.807) is 22.8 Å². The molecule has 0 saturated heterocycles. The SMILES string of the molecule is CCn1cc(C(=O)Nc2cc(F)cc(F)c2)c(=O)c2cc(OC)ccc21. The summed E-state index contributed by atoms with van der Waals surface area (Å²) >= 11 is 0. The monoisotopic (exact) mass is 358 g/mol. The third-order valence-electron chi connectivity index (χ3n) is 3.99. The predicted molar refractivity (Wildman–Crippen MR) is 94.7 cm³/mol. The van der Waals surface area contributed by atoms with E-state index in [1.807, 2.05) is 6.92 Å². The van der Waals surface area contributed by atoms with E-state index in [1.165, 1.54) is 13.3 Å². The molecule has 0 bridgehead atoms. The highest BCUT2D eigenvalue weighted by Crippen LogP contribution is 2.20. The summed E-state index contributed by atoms with van der Waals surface area (Å²) in [6, 6.07) is 7.67. The average Bonchev–Trinajstić information content (AvgIpc) is 2.60. The number of halogens is 2. The van der Waals surface area contributed by atoms with Crippen LogP contribution in [-0.4, -0.2) is 17.6 Å². The fraction of sp³-hybridized carbons (Fsp3) is 0.158. The Bertz CT molecular complexity index is 1040. The third-order valence-corrected chi connectivity index (χ3v) is 3.99. The average molecular weight is 358 g/mol. The fourth-order valence-electron chi connectivity index (χ4n) is 2.75. The number of aryl methyl sites for hydroxylation is 1. The van der Waals surface area contributed by atoms with Gasteiger partial charge < -0.3 is 14.6 Å². The zero-order valence-electron chi connectivity index (χ0n) is 14.2. The van der Waals surface area contributed by atoms with Gasteiger partial charge in [-0.05, 0) is 37.3 Å². The summed E-state index contributed by atoms with van der Waals surface area (Å²) in [5, 5.41) is 2.69. The number of aromatic nitrogens is 1. The highest BCUT2D eigenvalue weighted by atomic mass is 19.1. The van der Waals surface area contributed by atoms with Gasteiger partial charge in [-0.1, -0.05) is 0 Å². The molecule has 134 valence electrons. The lowest BCUT2D eigenvalue weighted by Gasteiger charge is -2.13. The molecule has 0 spiro atoms. The Labute approximate surface area is 147 Å². The normalized spacial score (nSPS) is 10.8. The van der Waals surface area contributed by atoms with Crippen LogP contribution in [0.4, 0.5) is 14.5 Å². The second kappa shape index (κ2) is 6.95. The summed E-state index contributed by atoms with van der Waals surface area (Å²) in [7, 11) is 1.48. The quantitative estimate of drug-likeness (QED) is 0.776. The van der Waals surface area contributed by atoms with Crippen LogP contribution >= 0.6 is 0 Å². The topological polar surface area (TPSA) is 60.3 Å². The standard InChI is InChI=1S/C19H16F2N2O3/c1-3-23-10-16(18(24)15-9-14(26-2)4-5-17(15)23)19(25)22-13-7-11(20)6-12(21)8-13/h4-10H,3H2,1-2H3,(H,22,25). The number of amides is 1. The first-order chi connectivity index (χ1) is 12.4. The summed E-state index contributed by atoms with van der Waals surface area (Å²) in [5.41, 5.74) is -0.0254. The number of nitrogens with one attached hydrogen (secondary N) is 1. The number of carbonyl (C=O) groups excluding carboxylic acids is 1. The van der Waals surface area contributed by atoms with E-state index in [9.17, 15) is 18.4 Å². The van der Waals surface area contributed by atoms with Gasteiger partial charge in [-0.2, -0.15) is 0 Å². The van der Waals surface area contributed by atoms with Crippen LogP contribution in [0.15, 0.2) is 47.4 Å². The van der Waals surface area contributed by atoms with E-state index in [4.69, 9.17) is 4.74 Å². The van der Waals surface area contributed by atoms with Gasteiger partial charge in [-0.15, -0.1) is 0 Å². The van der Waals surface area contributed by atoms with E-state index >= 15 is 0 Å². The molecule has 1 N–H and O–H groups in total. The minimum Gasteiger partial charge on any atom is -0.497 e. The van der Waals surface area contributed by atoms with Crippen molar-refractivity contribution in [2.45, 2.75) is 13.5 Å². The lowest BCUT2D eigenvalue weighted by molar-refractivity contribution is 0.102. The van der Waals surface area contributed by atoms with Crippen molar-refractivity contribution >= 4 is 22.5 Å². The van der Waals surface area contributed by atoms with Gasteiger partial charge in [0.2, 0.25) is 5.43 Å². The Morgan fingerprint density at radius 3 is 2.46 bits per heavy atom. The zero-order chi connectivity index (χ0) is 18.8. The molecule has 0 radical (unpaired) electrons. The summed E-state index contributed by atoms with van der Waals surface area (Å²) in [6.45, 7) is 2.40. The number of methoxy groups -OCH3 is 1. The molecule has 5 nitrogen and oxygen atoms in total. The van der Waals surface area contributed by atoms with Crippen LogP contribution in [0.2, 0.25) is 0 Å². The molecular formula is C19H16F2N2O3. The molecule has 0 fully saturated rings. The summed E-state index contributed by atoms with van der Waals surface area (Å²) in [6.07, 6.45) is 1.43. The molecule has 0 unspecified atom stereocenters. The van der Waals surface area contributed by atoms with Crippen molar-refractivity contribution in [2.75, 3.05) is 12.4 Å². The first-order valence-electron chi connectivity index (χ1n) is 7.91. The lowest BCUT2D eigenvalue weighted by Crippen LogP contribution is -2.24. The maximum Gasteiger partial charge on any atom is 0.261 e. The van der Waals surface area contributed by atoms with Crippen molar-refractivity contribution < 1.29 is 18.3 Å². The molecule has 0 aliphatic carbocycles. The number of hydrogen-bond acceptors (Lipinski definition) is 3. The van der Waals surface area contributed by atoms with E-state index < -0.39 is 23.0 Å². The number of benzene rings is 2. The molecule has 0 aliphatic rings. The second-order valence-corrected chi connectivity index (χ2v) is 5.65. The molecule has 0 saturated carbocycles. The molecule has 0 aliphatic heterocycles. The molecule has 0 atom stereocenters. The van der Waals surface area contributed by atoms with Crippen LogP contribution in [-0.2, 0) is 6.54 Å². The van der Waals surface area contributed by atoms with Crippen LogP contribution in [0.25, 0.3) is 10.9 Å². The number of carbonyl (C=O) groups is 1. The van der Waals surface area contributed by atoms with E-state index in [2.05, 4.69) is 5.32 Å². The summed E-state index contributed by atoms with van der Waals surface area (Å²) in [4.78, 5) is 25.3. The Morgan fingerprint density at radius 1 is 1.15 bits per heavy atom. The first kappa shape index (κ1) is 17.6. The summed E-state index contributed by atoms with van der Waals surface area (Å²) < 4.78 is 33.5. The van der Waals surface area contributed by atoms with Gasteiger partial charge in [0.1, 0.15) is 22.9 Å². The molecule has 1 amide bonds. The van der Waals surface area contributed by atoms with Gasteiger partial charge in [0.25, 0.3) is 5.91 Å². The molecule has 1 heterocycles. The molecule has 7 heteroatoms. The number of pyridine rings is 1. The molecule has 26 heavy (non-hydrogen) atoms. The zero-order valence-corrected chi connectivity index (χ0v) is 14.2. The van der Waals surface area contributed by atoms with Gasteiger partial charge in [-0.3, -0.25) is 9.59 Å². The maximum absolute atomic E-state index is 13.3. The first-order valence-corrected chi connectivity index (χ1v) is 7.91. The Morgan fingerprint density at radius 2 is 1.85 bits per heavy atom. The number of hydrogen-bond donors (Lipinski definition) is 1. The minimum atomic E-state index is -0.825. The number of fused-ring (bicyclic) bond motifs is 1. The predicted octanol–water partition coefficient (Wildman–Crippen LogP) is 3.56. The Balaban J connectivity index is 2.10. The van der Waals surface area contributed by atoms with Crippen LogP contribution < -0.4 is 15.5 Å². The van der Waals surface area contributed by atoms with E-state index in [0.29, 0.717) is 29.3 Å². The van der Waals surface area contributed by atoms with Crippen LogP contribution in [0.1, 0.15) is 17.3 Å². The third kappa shape index (κ3) is 3.28. The number of ether oxygens (including phenoxy) is 1. The van der Waals surface area contributed by atoms with Gasteiger partial charge in [0.05, 0.1) is 18.0 Å². The van der Waals surface area contributed by atoms with Crippen molar-refractivity contribution in [3.8, 4) is 5.75 Å². The van der Waals surface area contributed by atoms with Crippen LogP contribution in [0, 0.1) is 11.6 Å². The fourth-order valence-corrected chi connectivity index (χ4v) is 2.75. The molecule has 2 aromatic carbocycles. The van der Waals surface area contributed by atoms with E-state index in [0.717, 1.165) is 12.1 Å². The van der Waals surface area contributed by atoms with Crippen molar-refractivity contribution in [1.29, 1.82) is 0 Å². The van der Waals surface area contributed by atoms with Crippen molar-refractivity contribution in [2.24, 2.45) is 0 Å². The second-order valence-electron chi connectivity index (χ2n) is 5.65. The van der Waals surface area contributed by atoms with Crippen molar-refractivity contribution in [1.82, 2.24) is 4.57 Å². The summed E-state index contributed by atoms with van der Waals surface area (Å²) in [5.74, 6) is -1.90. The maximum atomic E-state index is 13.3. The Hall–Kier alpha value is -3.22. The number of nitrogens with zero attached hydrogens (tertiary/aromatic N) is 1. The molecule has 1 aromatic heterocycles. The van der Waals surface area contributed by atoms with Crippen LogP contribution in [0.3, 0.4) is 0 Å². The van der Waals surface area contributed by atoms with Crippen molar-refractivity contribution in [3.05, 3.63) is 70.0 Å². The minimum absolute atomic E-state index is 0.0688. The number of anilines is 1. The molecule has 3 rings (SSSR count). The van der Waals surface area contributed by atoms with E-state index in [-0.39, 0.29) is 11.3 Å². The van der Waals surface area contributed by atoms with Crippen molar-refractivity contribution in [3.63, 3.8) is 0 Å². The van der Waals surface area contributed by atoms with Crippen LogP contribution in [0.5, 0.6) is 5.75 Å². The van der Waals surface area contributed by atoms with Gasteiger partial charge in [-0.25, -0.2) is 8.78 Å². The highest BCUT2D eigenvalue weighted by molar-refractivity contribution is 6.05. The van der Waals surface area contributed by atoms with Gasteiger partial charge >= 0.3 is 0 Å². The molecular weight excluding hydrogens is 342 g/mol. The number of rotatable bonds is 4.